The summed E-state index contributed by atoms with van der Waals surface area (Å²) in [5, 5.41) is 10.7. The molecule has 1 unspecified atom stereocenters. The molecule has 2 N–H and O–H groups in total. The average Bonchev–Trinajstić information content (AvgIpc) is 3.22. The van der Waals surface area contributed by atoms with Crippen LogP contribution in [0.5, 0.6) is 11.7 Å². The van der Waals surface area contributed by atoms with Crippen molar-refractivity contribution in [2.75, 3.05) is 0 Å². The van der Waals surface area contributed by atoms with Gasteiger partial charge in [0.15, 0.2) is 0 Å². The lowest BCUT2D eigenvalue weighted by molar-refractivity contribution is 0.322. The van der Waals surface area contributed by atoms with Crippen LogP contribution in [0, 0.1) is 0 Å². The van der Waals surface area contributed by atoms with E-state index in [1.165, 1.54) is 11.3 Å². The molecule has 1 aliphatic carbocycles. The quantitative estimate of drug-likeness (QED) is 0.758. The van der Waals surface area contributed by atoms with E-state index >= 15 is 0 Å². The van der Waals surface area contributed by atoms with Gasteiger partial charge in [-0.3, -0.25) is 5.10 Å². The lowest BCUT2D eigenvalue weighted by Gasteiger charge is -2.22. The van der Waals surface area contributed by atoms with E-state index in [4.69, 9.17) is 9.15 Å². The van der Waals surface area contributed by atoms with Crippen molar-refractivity contribution in [2.45, 2.75) is 31.8 Å². The fraction of sp³-hybridized carbons (Fsp3) is 0.278. The minimum Gasteiger partial charge on any atom is -0.429 e. The summed E-state index contributed by atoms with van der Waals surface area (Å²) < 4.78 is 11.4. The second kappa shape index (κ2) is 6.30. The molecule has 1 atom stereocenters. The number of aryl methyl sites for hydroxylation is 1. The van der Waals surface area contributed by atoms with E-state index in [2.05, 4.69) is 15.5 Å². The van der Waals surface area contributed by atoms with Crippen LogP contribution in [0.25, 0.3) is 0 Å². The van der Waals surface area contributed by atoms with E-state index in [1.54, 1.807) is 0 Å². The first-order chi connectivity index (χ1) is 11.4. The minimum atomic E-state index is 0.462. The van der Waals surface area contributed by atoms with Crippen molar-refractivity contribution in [3.63, 3.8) is 0 Å². The summed E-state index contributed by atoms with van der Waals surface area (Å²) in [7, 11) is 0. The first-order valence-electron chi connectivity index (χ1n) is 7.93. The molecule has 1 aromatic carbocycles. The van der Waals surface area contributed by atoms with E-state index in [0.717, 1.165) is 30.8 Å². The zero-order valence-corrected chi connectivity index (χ0v) is 12.8. The zero-order valence-electron chi connectivity index (χ0n) is 12.8. The third-order valence-corrected chi connectivity index (χ3v) is 4.18. The normalized spacial score (nSPS) is 17.0. The van der Waals surface area contributed by atoms with Gasteiger partial charge < -0.3 is 14.5 Å². The number of rotatable bonds is 5. The standard InChI is InChI=1S/C18H19N3O2/c1-2-4-15(5-3-1)22-18-9-7-16(23-18)12-19-14-6-8-17-13(10-14)11-20-21-17/h1-5,7,9,11,14,19H,6,8,10,12H2,(H,20,21). The Balaban J connectivity index is 1.32. The van der Waals surface area contributed by atoms with Crippen molar-refractivity contribution in [2.24, 2.45) is 0 Å². The van der Waals surface area contributed by atoms with Crippen molar-refractivity contribution in [3.05, 3.63) is 65.7 Å². The van der Waals surface area contributed by atoms with Crippen molar-refractivity contribution in [1.82, 2.24) is 15.5 Å². The van der Waals surface area contributed by atoms with Crippen molar-refractivity contribution < 1.29 is 9.15 Å². The van der Waals surface area contributed by atoms with Crippen LogP contribution in [0.1, 0.15) is 23.4 Å². The van der Waals surface area contributed by atoms with Gasteiger partial charge in [-0.15, -0.1) is 0 Å². The van der Waals surface area contributed by atoms with Gasteiger partial charge in [-0.1, -0.05) is 18.2 Å². The largest absolute Gasteiger partial charge is 0.429 e. The van der Waals surface area contributed by atoms with Gasteiger partial charge in [-0.05, 0) is 43.0 Å². The monoisotopic (exact) mass is 309 g/mol. The van der Waals surface area contributed by atoms with Gasteiger partial charge in [-0.25, -0.2) is 0 Å². The fourth-order valence-electron chi connectivity index (χ4n) is 2.95. The third kappa shape index (κ3) is 3.29. The molecule has 118 valence electrons. The maximum atomic E-state index is 5.73. The Bertz CT molecular complexity index is 763. The van der Waals surface area contributed by atoms with Gasteiger partial charge in [0.05, 0.1) is 12.7 Å². The van der Waals surface area contributed by atoms with Gasteiger partial charge in [0.1, 0.15) is 11.5 Å². The molecule has 0 saturated heterocycles. The molecule has 0 radical (unpaired) electrons. The maximum absolute atomic E-state index is 5.73. The van der Waals surface area contributed by atoms with Crippen molar-refractivity contribution in [3.8, 4) is 11.7 Å². The number of H-pyrrole nitrogens is 1. The van der Waals surface area contributed by atoms with Crippen LogP contribution in [-0.4, -0.2) is 16.2 Å². The van der Waals surface area contributed by atoms with Crippen LogP contribution in [0.4, 0.5) is 0 Å². The number of hydrogen-bond donors (Lipinski definition) is 2. The highest BCUT2D eigenvalue weighted by Crippen LogP contribution is 2.24. The molecule has 2 aromatic heterocycles. The summed E-state index contributed by atoms with van der Waals surface area (Å²) in [6, 6.07) is 13.9. The van der Waals surface area contributed by atoms with Crippen LogP contribution in [0.15, 0.2) is 53.1 Å². The Labute approximate surface area is 134 Å². The Hall–Kier alpha value is -2.53. The molecule has 5 nitrogen and oxygen atoms in total. The molecular weight excluding hydrogens is 290 g/mol. The van der Waals surface area contributed by atoms with Gasteiger partial charge in [-0.2, -0.15) is 5.10 Å². The van der Waals surface area contributed by atoms with E-state index < -0.39 is 0 Å². The summed E-state index contributed by atoms with van der Waals surface area (Å²) in [6.45, 7) is 0.704. The zero-order chi connectivity index (χ0) is 15.5. The molecular formula is C18H19N3O2. The number of ether oxygens (including phenoxy) is 1. The highest BCUT2D eigenvalue weighted by molar-refractivity contribution is 5.26. The predicted molar refractivity (Wildman–Crippen MR) is 86.5 cm³/mol. The summed E-state index contributed by atoms with van der Waals surface area (Å²) in [5.74, 6) is 2.18. The molecule has 23 heavy (non-hydrogen) atoms. The number of fused-ring (bicyclic) bond motifs is 1. The maximum Gasteiger partial charge on any atom is 0.290 e. The molecule has 0 bridgehead atoms. The number of aromatic nitrogens is 2. The second-order valence-corrected chi connectivity index (χ2v) is 5.83. The van der Waals surface area contributed by atoms with Gasteiger partial charge in [0.25, 0.3) is 5.95 Å². The van der Waals surface area contributed by atoms with Crippen LogP contribution >= 0.6 is 0 Å². The summed E-state index contributed by atoms with van der Waals surface area (Å²) >= 11 is 0. The first-order valence-corrected chi connectivity index (χ1v) is 7.93. The Morgan fingerprint density at radius 1 is 1.22 bits per heavy atom. The van der Waals surface area contributed by atoms with Gasteiger partial charge >= 0.3 is 0 Å². The molecule has 4 rings (SSSR count). The number of hydrogen-bond acceptors (Lipinski definition) is 4. The molecule has 5 heteroatoms. The second-order valence-electron chi connectivity index (χ2n) is 5.83. The van der Waals surface area contributed by atoms with E-state index in [1.807, 2.05) is 48.7 Å². The molecule has 0 fully saturated rings. The smallest absolute Gasteiger partial charge is 0.290 e. The van der Waals surface area contributed by atoms with E-state index in [-0.39, 0.29) is 0 Å². The Morgan fingerprint density at radius 2 is 2.13 bits per heavy atom. The molecule has 0 saturated carbocycles. The summed E-state index contributed by atoms with van der Waals surface area (Å²) in [4.78, 5) is 0. The Morgan fingerprint density at radius 3 is 3.04 bits per heavy atom. The van der Waals surface area contributed by atoms with E-state index in [0.29, 0.717) is 18.5 Å². The number of nitrogens with zero attached hydrogens (tertiary/aromatic N) is 1. The SMILES string of the molecule is c1ccc(Oc2ccc(CNC3CCc4[nH]ncc4C3)o2)cc1. The summed E-state index contributed by atoms with van der Waals surface area (Å²) in [5.41, 5.74) is 2.60. The van der Waals surface area contributed by atoms with Crippen LogP contribution in [0.2, 0.25) is 0 Å². The first kappa shape index (κ1) is 14.1. The predicted octanol–water partition coefficient (Wildman–Crippen LogP) is 3.44. The van der Waals surface area contributed by atoms with Crippen LogP contribution in [-0.2, 0) is 19.4 Å². The Kier molecular flexibility index (Phi) is 3.86. The number of aromatic amines is 1. The number of para-hydroxylation sites is 1. The minimum absolute atomic E-state index is 0.462. The highest BCUT2D eigenvalue weighted by Gasteiger charge is 2.19. The van der Waals surface area contributed by atoms with Crippen molar-refractivity contribution >= 4 is 0 Å². The fourth-order valence-corrected chi connectivity index (χ4v) is 2.95. The topological polar surface area (TPSA) is 63.1 Å². The van der Waals surface area contributed by atoms with Gasteiger partial charge in [0.2, 0.25) is 0 Å². The lowest BCUT2D eigenvalue weighted by atomic mass is 9.93. The third-order valence-electron chi connectivity index (χ3n) is 4.18. The lowest BCUT2D eigenvalue weighted by Crippen LogP contribution is -2.33. The molecule has 0 amide bonds. The van der Waals surface area contributed by atoms with Crippen LogP contribution < -0.4 is 10.1 Å². The van der Waals surface area contributed by atoms with E-state index in [9.17, 15) is 0 Å². The molecule has 0 aliphatic heterocycles. The summed E-state index contributed by atoms with van der Waals surface area (Å²) in [6.07, 6.45) is 5.11. The molecule has 0 spiro atoms. The van der Waals surface area contributed by atoms with Gasteiger partial charge in [0, 0.05) is 17.8 Å². The number of nitrogens with one attached hydrogen (secondary N) is 2. The van der Waals surface area contributed by atoms with Crippen molar-refractivity contribution in [1.29, 1.82) is 0 Å². The number of benzene rings is 1. The molecule has 2 heterocycles. The average molecular weight is 309 g/mol. The van der Waals surface area contributed by atoms with Crippen LogP contribution in [0.3, 0.4) is 0 Å². The number of furan rings is 1. The highest BCUT2D eigenvalue weighted by atomic mass is 16.6. The molecule has 3 aromatic rings. The molecule has 1 aliphatic rings.